The number of rotatable bonds is 5. The maximum Gasteiger partial charge on any atom is 0.282 e. The Labute approximate surface area is 157 Å². The summed E-state index contributed by atoms with van der Waals surface area (Å²) in [5.41, 5.74) is 3.53. The number of halogens is 1. The van der Waals surface area contributed by atoms with Crippen LogP contribution in [0, 0.1) is 19.7 Å². The van der Waals surface area contributed by atoms with Crippen molar-refractivity contribution in [2.75, 3.05) is 25.1 Å². The van der Waals surface area contributed by atoms with Gasteiger partial charge in [-0.25, -0.2) is 9.29 Å². The van der Waals surface area contributed by atoms with Crippen molar-refractivity contribution in [1.29, 1.82) is 0 Å². The van der Waals surface area contributed by atoms with Crippen LogP contribution in [-0.2, 0) is 9.59 Å². The largest absolute Gasteiger partial charge is 0.395 e. The molecule has 2 aromatic rings. The molecular weight excluding hydrogens is 347 g/mol. The molecule has 27 heavy (non-hydrogen) atoms. The number of carbonyl (C=O) groups is 2. The number of aliphatic hydroxyl groups excluding tert-OH is 1. The molecule has 0 unspecified atom stereocenters. The van der Waals surface area contributed by atoms with Crippen LogP contribution in [0.15, 0.2) is 48.2 Å². The zero-order chi connectivity index (χ0) is 19.7. The Balaban J connectivity index is 2.14. The SMILES string of the molecule is Cc1ccc(C2=C(N(C)CCO)C(=O)N(c3ccc(F)cc3)C2=O)cc1C. The van der Waals surface area contributed by atoms with Gasteiger partial charge in [0.05, 0.1) is 17.9 Å². The third-order valence-corrected chi connectivity index (χ3v) is 4.76. The van der Waals surface area contributed by atoms with E-state index < -0.39 is 17.6 Å². The first-order chi connectivity index (χ1) is 12.8. The third kappa shape index (κ3) is 3.36. The number of aliphatic hydroxyl groups is 1. The number of carbonyl (C=O) groups excluding carboxylic acids is 2. The summed E-state index contributed by atoms with van der Waals surface area (Å²) in [5, 5.41) is 9.28. The predicted molar refractivity (Wildman–Crippen MR) is 101 cm³/mol. The van der Waals surface area contributed by atoms with Gasteiger partial charge in [0.1, 0.15) is 11.5 Å². The Kier molecular flexibility index (Phi) is 5.10. The second-order valence-corrected chi connectivity index (χ2v) is 6.59. The number of nitrogens with zero attached hydrogens (tertiary/aromatic N) is 2. The number of anilines is 1. The van der Waals surface area contributed by atoms with Gasteiger partial charge < -0.3 is 10.0 Å². The lowest BCUT2D eigenvalue weighted by atomic mass is 9.99. The van der Waals surface area contributed by atoms with Crippen LogP contribution in [0.4, 0.5) is 10.1 Å². The van der Waals surface area contributed by atoms with Gasteiger partial charge in [-0.05, 0) is 54.8 Å². The summed E-state index contributed by atoms with van der Waals surface area (Å²) in [7, 11) is 1.66. The molecule has 1 N–H and O–H groups in total. The molecule has 140 valence electrons. The summed E-state index contributed by atoms with van der Waals surface area (Å²) in [6.45, 7) is 3.96. The number of aryl methyl sites for hydroxylation is 2. The van der Waals surface area contributed by atoms with Gasteiger partial charge in [0.25, 0.3) is 11.8 Å². The van der Waals surface area contributed by atoms with Crippen molar-refractivity contribution in [1.82, 2.24) is 4.90 Å². The number of likely N-dealkylation sites (N-methyl/N-ethyl adjacent to an activating group) is 1. The number of hydrogen-bond acceptors (Lipinski definition) is 4. The molecule has 0 saturated heterocycles. The maximum atomic E-state index is 13.3. The minimum absolute atomic E-state index is 0.155. The van der Waals surface area contributed by atoms with E-state index in [9.17, 15) is 19.1 Å². The van der Waals surface area contributed by atoms with E-state index in [2.05, 4.69) is 0 Å². The van der Waals surface area contributed by atoms with E-state index in [4.69, 9.17) is 0 Å². The molecule has 1 aliphatic rings. The molecule has 0 aromatic heterocycles. The van der Waals surface area contributed by atoms with E-state index in [0.717, 1.165) is 16.0 Å². The van der Waals surface area contributed by atoms with Crippen molar-refractivity contribution in [3.05, 3.63) is 70.7 Å². The molecule has 0 bridgehead atoms. The van der Waals surface area contributed by atoms with E-state index in [1.807, 2.05) is 32.0 Å². The molecule has 2 amide bonds. The summed E-state index contributed by atoms with van der Waals surface area (Å²) >= 11 is 0. The molecule has 0 aliphatic carbocycles. The summed E-state index contributed by atoms with van der Waals surface area (Å²) in [6, 6.07) is 10.8. The summed E-state index contributed by atoms with van der Waals surface area (Å²) in [6.07, 6.45) is 0. The molecular formula is C21H21FN2O3. The van der Waals surface area contributed by atoms with Crippen molar-refractivity contribution in [3.8, 4) is 0 Å². The lowest BCUT2D eigenvalue weighted by Crippen LogP contribution is -2.34. The van der Waals surface area contributed by atoms with E-state index in [0.29, 0.717) is 11.3 Å². The molecule has 0 radical (unpaired) electrons. The zero-order valence-electron chi connectivity index (χ0n) is 15.5. The number of hydrogen-bond donors (Lipinski definition) is 1. The fourth-order valence-electron chi connectivity index (χ4n) is 3.12. The van der Waals surface area contributed by atoms with Crippen LogP contribution in [0.5, 0.6) is 0 Å². The topological polar surface area (TPSA) is 60.9 Å². The summed E-state index contributed by atoms with van der Waals surface area (Å²) < 4.78 is 13.3. The molecule has 6 heteroatoms. The smallest absolute Gasteiger partial charge is 0.282 e. The molecule has 2 aromatic carbocycles. The molecule has 0 spiro atoms. The van der Waals surface area contributed by atoms with E-state index >= 15 is 0 Å². The highest BCUT2D eigenvalue weighted by Crippen LogP contribution is 2.34. The lowest BCUT2D eigenvalue weighted by Gasteiger charge is -2.20. The Hall–Kier alpha value is -2.99. The Morgan fingerprint density at radius 3 is 2.26 bits per heavy atom. The van der Waals surface area contributed by atoms with Crippen molar-refractivity contribution < 1.29 is 19.1 Å². The van der Waals surface area contributed by atoms with Gasteiger partial charge >= 0.3 is 0 Å². The standard InChI is InChI=1S/C21H21FN2O3/c1-13-4-5-15(12-14(13)2)18-19(23(3)10-11-25)21(27)24(20(18)26)17-8-6-16(22)7-9-17/h4-9,12,25H,10-11H2,1-3H3. The van der Waals surface area contributed by atoms with Crippen LogP contribution < -0.4 is 4.90 Å². The van der Waals surface area contributed by atoms with E-state index in [-0.39, 0.29) is 24.4 Å². The van der Waals surface area contributed by atoms with Gasteiger partial charge in [-0.2, -0.15) is 0 Å². The van der Waals surface area contributed by atoms with Gasteiger partial charge in [0, 0.05) is 13.6 Å². The van der Waals surface area contributed by atoms with Gasteiger partial charge in [0.2, 0.25) is 0 Å². The molecule has 0 saturated carbocycles. The number of benzene rings is 2. The average Bonchev–Trinajstić information content (AvgIpc) is 2.89. The minimum atomic E-state index is -0.490. The van der Waals surface area contributed by atoms with Crippen molar-refractivity contribution in [2.24, 2.45) is 0 Å². The minimum Gasteiger partial charge on any atom is -0.395 e. The van der Waals surface area contributed by atoms with E-state index in [1.54, 1.807) is 11.9 Å². The summed E-state index contributed by atoms with van der Waals surface area (Å²) in [4.78, 5) is 28.9. The fraction of sp³-hybridized carbons (Fsp3) is 0.238. The highest BCUT2D eigenvalue weighted by molar-refractivity contribution is 6.45. The van der Waals surface area contributed by atoms with Gasteiger partial charge in [-0.1, -0.05) is 18.2 Å². The second-order valence-electron chi connectivity index (χ2n) is 6.59. The van der Waals surface area contributed by atoms with Crippen molar-refractivity contribution in [2.45, 2.75) is 13.8 Å². The summed E-state index contributed by atoms with van der Waals surface area (Å²) in [5.74, 6) is -1.40. The van der Waals surface area contributed by atoms with Crippen LogP contribution in [-0.4, -0.2) is 42.0 Å². The molecule has 5 nitrogen and oxygen atoms in total. The molecule has 0 atom stereocenters. The maximum absolute atomic E-state index is 13.3. The number of imide groups is 1. The fourth-order valence-corrected chi connectivity index (χ4v) is 3.12. The highest BCUT2D eigenvalue weighted by Gasteiger charge is 2.41. The zero-order valence-corrected chi connectivity index (χ0v) is 15.5. The highest BCUT2D eigenvalue weighted by atomic mass is 19.1. The lowest BCUT2D eigenvalue weighted by molar-refractivity contribution is -0.120. The molecule has 3 rings (SSSR count). The molecule has 0 fully saturated rings. The van der Waals surface area contributed by atoms with Crippen LogP contribution in [0.25, 0.3) is 5.57 Å². The number of amides is 2. The van der Waals surface area contributed by atoms with Crippen LogP contribution >= 0.6 is 0 Å². The van der Waals surface area contributed by atoms with Crippen LogP contribution in [0.2, 0.25) is 0 Å². The Bertz CT molecular complexity index is 935. The van der Waals surface area contributed by atoms with Crippen LogP contribution in [0.1, 0.15) is 16.7 Å². The third-order valence-electron chi connectivity index (χ3n) is 4.76. The molecule has 1 aliphatic heterocycles. The first-order valence-electron chi connectivity index (χ1n) is 8.63. The Morgan fingerprint density at radius 2 is 1.67 bits per heavy atom. The van der Waals surface area contributed by atoms with E-state index in [1.165, 1.54) is 24.3 Å². The first-order valence-corrected chi connectivity index (χ1v) is 8.63. The normalized spacial score (nSPS) is 14.3. The Morgan fingerprint density at radius 1 is 1.00 bits per heavy atom. The van der Waals surface area contributed by atoms with Crippen molar-refractivity contribution >= 4 is 23.1 Å². The monoisotopic (exact) mass is 368 g/mol. The van der Waals surface area contributed by atoms with Crippen molar-refractivity contribution in [3.63, 3.8) is 0 Å². The van der Waals surface area contributed by atoms with Gasteiger partial charge in [0.15, 0.2) is 0 Å². The van der Waals surface area contributed by atoms with Gasteiger partial charge in [-0.15, -0.1) is 0 Å². The first kappa shape index (κ1) is 18.8. The predicted octanol–water partition coefficient (Wildman–Crippen LogP) is 2.65. The average molecular weight is 368 g/mol. The molecule has 1 heterocycles. The van der Waals surface area contributed by atoms with Crippen LogP contribution in [0.3, 0.4) is 0 Å². The quantitative estimate of drug-likeness (QED) is 0.825. The van der Waals surface area contributed by atoms with Gasteiger partial charge in [-0.3, -0.25) is 9.59 Å². The second kappa shape index (κ2) is 7.32.